The van der Waals surface area contributed by atoms with Crippen LogP contribution in [0.25, 0.3) is 0 Å². The fraction of sp³-hybridized carbons (Fsp3) is 0.500. The van der Waals surface area contributed by atoms with E-state index in [9.17, 15) is 9.59 Å². The van der Waals surface area contributed by atoms with Crippen LogP contribution in [0.4, 0.5) is 0 Å². The van der Waals surface area contributed by atoms with Crippen LogP contribution >= 0.6 is 11.8 Å². The highest BCUT2D eigenvalue weighted by Gasteiger charge is 2.23. The number of hydrogen-bond donors (Lipinski definition) is 1. The van der Waals surface area contributed by atoms with E-state index >= 15 is 0 Å². The molecule has 0 bridgehead atoms. The van der Waals surface area contributed by atoms with Gasteiger partial charge in [-0.2, -0.15) is 0 Å². The van der Waals surface area contributed by atoms with E-state index in [0.717, 1.165) is 10.5 Å². The molecule has 0 unspecified atom stereocenters. The van der Waals surface area contributed by atoms with Crippen LogP contribution in [-0.4, -0.2) is 31.3 Å². The molecule has 1 N–H and O–H groups in total. The quantitative estimate of drug-likeness (QED) is 0.648. The van der Waals surface area contributed by atoms with Crippen LogP contribution in [-0.2, 0) is 9.53 Å². The molecule has 1 atom stereocenters. The number of methoxy groups -OCH3 is 1. The molecule has 4 nitrogen and oxygen atoms in total. The lowest BCUT2D eigenvalue weighted by atomic mass is 10.0. The molecule has 0 heterocycles. The molecule has 0 aliphatic carbocycles. The van der Waals surface area contributed by atoms with Crippen molar-refractivity contribution in [3.63, 3.8) is 0 Å². The van der Waals surface area contributed by atoms with Crippen molar-refractivity contribution in [2.75, 3.05) is 13.4 Å². The Kier molecular flexibility index (Phi) is 6.75. The monoisotopic (exact) mass is 309 g/mol. The van der Waals surface area contributed by atoms with E-state index in [1.807, 2.05) is 45.2 Å². The van der Waals surface area contributed by atoms with Gasteiger partial charge in [0.2, 0.25) is 0 Å². The molecule has 0 saturated heterocycles. The number of benzene rings is 1. The zero-order valence-corrected chi connectivity index (χ0v) is 14.0. The van der Waals surface area contributed by atoms with Crippen LogP contribution in [0.5, 0.6) is 0 Å². The number of hydrogen-bond acceptors (Lipinski definition) is 4. The normalized spacial score (nSPS) is 12.1. The Bertz CT molecular complexity index is 514. The Morgan fingerprint density at radius 1 is 1.33 bits per heavy atom. The lowest BCUT2D eigenvalue weighted by molar-refractivity contribution is -0.143. The highest BCUT2D eigenvalue weighted by Crippen LogP contribution is 2.19. The maximum absolute atomic E-state index is 12.4. The van der Waals surface area contributed by atoms with Gasteiger partial charge in [-0.25, -0.2) is 4.79 Å². The van der Waals surface area contributed by atoms with Gasteiger partial charge in [-0.05, 0) is 43.2 Å². The van der Waals surface area contributed by atoms with E-state index in [-0.39, 0.29) is 11.8 Å². The summed E-state index contributed by atoms with van der Waals surface area (Å²) >= 11 is 1.58. The molecule has 0 aliphatic rings. The average molecular weight is 309 g/mol. The Morgan fingerprint density at radius 2 is 2.00 bits per heavy atom. The Hall–Kier alpha value is -1.49. The van der Waals surface area contributed by atoms with Crippen molar-refractivity contribution < 1.29 is 14.3 Å². The Morgan fingerprint density at radius 3 is 2.52 bits per heavy atom. The van der Waals surface area contributed by atoms with Crippen molar-refractivity contribution in [3.8, 4) is 0 Å². The third kappa shape index (κ3) is 5.08. The number of esters is 1. The zero-order chi connectivity index (χ0) is 16.0. The highest BCUT2D eigenvalue weighted by atomic mass is 32.2. The lowest BCUT2D eigenvalue weighted by Gasteiger charge is -2.19. The second-order valence-corrected chi connectivity index (χ2v) is 6.24. The molecule has 1 rings (SSSR count). The van der Waals surface area contributed by atoms with E-state index in [0.29, 0.717) is 12.0 Å². The molecule has 1 aromatic carbocycles. The summed E-state index contributed by atoms with van der Waals surface area (Å²) in [5.74, 6) is -0.358. The number of amides is 1. The first-order chi connectivity index (χ1) is 9.88. The van der Waals surface area contributed by atoms with Crippen molar-refractivity contribution in [3.05, 3.63) is 29.3 Å². The third-order valence-electron chi connectivity index (χ3n) is 3.19. The number of aryl methyl sites for hydroxylation is 1. The maximum Gasteiger partial charge on any atom is 0.328 e. The van der Waals surface area contributed by atoms with Gasteiger partial charge in [-0.1, -0.05) is 19.9 Å². The first kappa shape index (κ1) is 17.6. The van der Waals surface area contributed by atoms with E-state index in [2.05, 4.69) is 5.32 Å². The largest absolute Gasteiger partial charge is 0.467 e. The lowest BCUT2D eigenvalue weighted by Crippen LogP contribution is -2.42. The van der Waals surface area contributed by atoms with Crippen molar-refractivity contribution in [1.29, 1.82) is 0 Å². The van der Waals surface area contributed by atoms with Crippen LogP contribution in [0.15, 0.2) is 23.1 Å². The molecule has 5 heteroatoms. The second-order valence-electron chi connectivity index (χ2n) is 5.36. The van der Waals surface area contributed by atoms with Crippen molar-refractivity contribution in [2.45, 2.75) is 38.1 Å². The Balaban J connectivity index is 2.93. The van der Waals surface area contributed by atoms with Gasteiger partial charge in [0.1, 0.15) is 6.04 Å². The predicted octanol–water partition coefficient (Wildman–Crippen LogP) is 3.03. The topological polar surface area (TPSA) is 55.4 Å². The van der Waals surface area contributed by atoms with E-state index in [1.165, 1.54) is 7.11 Å². The van der Waals surface area contributed by atoms with Gasteiger partial charge < -0.3 is 10.1 Å². The van der Waals surface area contributed by atoms with Crippen LogP contribution in [0.1, 0.15) is 36.2 Å². The number of nitrogens with one attached hydrogen (secondary N) is 1. The molecule has 1 aromatic rings. The van der Waals surface area contributed by atoms with Gasteiger partial charge in [-0.3, -0.25) is 4.79 Å². The first-order valence-electron chi connectivity index (χ1n) is 6.92. The van der Waals surface area contributed by atoms with Gasteiger partial charge >= 0.3 is 5.97 Å². The fourth-order valence-electron chi connectivity index (χ4n) is 2.04. The van der Waals surface area contributed by atoms with Crippen LogP contribution < -0.4 is 5.32 Å². The number of rotatable bonds is 6. The summed E-state index contributed by atoms with van der Waals surface area (Å²) < 4.78 is 4.77. The average Bonchev–Trinajstić information content (AvgIpc) is 2.45. The van der Waals surface area contributed by atoms with Crippen LogP contribution in [0.2, 0.25) is 0 Å². The number of ether oxygens (including phenoxy) is 1. The first-order valence-corrected chi connectivity index (χ1v) is 8.14. The van der Waals surface area contributed by atoms with E-state index < -0.39 is 12.0 Å². The summed E-state index contributed by atoms with van der Waals surface area (Å²) in [6, 6.07) is 5.12. The zero-order valence-electron chi connectivity index (χ0n) is 13.2. The molecule has 0 aromatic heterocycles. The number of carbonyl (C=O) groups excluding carboxylic acids is 2. The molecular formula is C16H23NO3S. The molecule has 116 valence electrons. The van der Waals surface area contributed by atoms with E-state index in [1.54, 1.807) is 11.8 Å². The molecule has 0 aliphatic heterocycles. The fourth-order valence-corrected chi connectivity index (χ4v) is 2.48. The van der Waals surface area contributed by atoms with Gasteiger partial charge in [0.25, 0.3) is 5.91 Å². The molecule has 1 amide bonds. The number of carbonyl (C=O) groups is 2. The SMILES string of the molecule is COC(=O)[C@H](CC(C)C)NC(=O)c1cc(SC)ccc1C. The molecule has 0 radical (unpaired) electrons. The van der Waals surface area contributed by atoms with Crippen molar-refractivity contribution in [1.82, 2.24) is 5.32 Å². The summed E-state index contributed by atoms with van der Waals surface area (Å²) in [6.45, 7) is 5.89. The molecule has 21 heavy (non-hydrogen) atoms. The molecule has 0 spiro atoms. The maximum atomic E-state index is 12.4. The standard InChI is InChI=1S/C16H23NO3S/c1-10(2)8-14(16(19)20-4)17-15(18)13-9-12(21-5)7-6-11(13)3/h6-7,9-10,14H,8H2,1-5H3,(H,17,18)/t14-/m0/s1. The molecular weight excluding hydrogens is 286 g/mol. The van der Waals surface area contributed by atoms with E-state index in [4.69, 9.17) is 4.74 Å². The second kappa shape index (κ2) is 8.08. The summed E-state index contributed by atoms with van der Waals surface area (Å²) in [5.41, 5.74) is 1.48. The third-order valence-corrected chi connectivity index (χ3v) is 3.91. The number of thioether (sulfide) groups is 1. The minimum absolute atomic E-state index is 0.237. The van der Waals surface area contributed by atoms with Crippen LogP contribution in [0, 0.1) is 12.8 Å². The predicted molar refractivity (Wildman–Crippen MR) is 85.7 cm³/mol. The Labute approximate surface area is 130 Å². The smallest absolute Gasteiger partial charge is 0.328 e. The van der Waals surface area contributed by atoms with Crippen molar-refractivity contribution in [2.24, 2.45) is 5.92 Å². The summed E-state index contributed by atoms with van der Waals surface area (Å²) in [5, 5.41) is 2.78. The van der Waals surface area contributed by atoms with Gasteiger partial charge in [0, 0.05) is 10.5 Å². The van der Waals surface area contributed by atoms with Crippen LogP contribution in [0.3, 0.4) is 0 Å². The van der Waals surface area contributed by atoms with Gasteiger partial charge in [0.15, 0.2) is 0 Å². The summed E-state index contributed by atoms with van der Waals surface area (Å²) in [4.78, 5) is 25.2. The summed E-state index contributed by atoms with van der Waals surface area (Å²) in [6.07, 6.45) is 2.52. The minimum atomic E-state index is -0.611. The van der Waals surface area contributed by atoms with Gasteiger partial charge in [-0.15, -0.1) is 11.8 Å². The summed E-state index contributed by atoms with van der Waals surface area (Å²) in [7, 11) is 1.33. The molecule has 0 fully saturated rings. The van der Waals surface area contributed by atoms with Gasteiger partial charge in [0.05, 0.1) is 7.11 Å². The van der Waals surface area contributed by atoms with Crippen molar-refractivity contribution >= 4 is 23.6 Å². The molecule has 0 saturated carbocycles. The minimum Gasteiger partial charge on any atom is -0.467 e. The highest BCUT2D eigenvalue weighted by molar-refractivity contribution is 7.98.